The summed E-state index contributed by atoms with van der Waals surface area (Å²) in [6, 6.07) is 8.08. The maximum Gasteiger partial charge on any atom is 0.255 e. The van der Waals surface area contributed by atoms with E-state index in [1.54, 1.807) is 0 Å². The summed E-state index contributed by atoms with van der Waals surface area (Å²) < 4.78 is 5.27. The fourth-order valence-corrected chi connectivity index (χ4v) is 2.03. The van der Waals surface area contributed by atoms with Crippen LogP contribution in [-0.4, -0.2) is 18.6 Å². The van der Waals surface area contributed by atoms with E-state index in [2.05, 4.69) is 12.2 Å². The van der Waals surface area contributed by atoms with Crippen LogP contribution in [0.3, 0.4) is 0 Å². The highest BCUT2D eigenvalue weighted by molar-refractivity contribution is 5.75. The molecular weight excluding hydrogens is 228 g/mol. The highest BCUT2D eigenvalue weighted by Crippen LogP contribution is 2.34. The monoisotopic (exact) mass is 248 g/mol. The second-order valence-electron chi connectivity index (χ2n) is 5.01. The number of carbonyl (C=O) groups excluding carboxylic acids is 1. The number of anilines is 1. The number of carbonyl (C=O) groups is 1. The van der Waals surface area contributed by atoms with E-state index >= 15 is 0 Å². The molecule has 1 aromatic carbocycles. The van der Waals surface area contributed by atoms with Crippen LogP contribution in [0.15, 0.2) is 24.3 Å². The van der Waals surface area contributed by atoms with Gasteiger partial charge >= 0.3 is 0 Å². The Kier molecular flexibility index (Phi) is 4.07. The normalized spacial score (nSPS) is 16.1. The summed E-state index contributed by atoms with van der Waals surface area (Å²) in [6.45, 7) is 2.11. The molecule has 0 radical (unpaired) electrons. The number of primary amides is 1. The Morgan fingerprint density at radius 1 is 1.56 bits per heavy atom. The highest BCUT2D eigenvalue weighted by atomic mass is 16.5. The van der Waals surface area contributed by atoms with Gasteiger partial charge < -0.3 is 15.8 Å². The standard InChI is InChI=1S/C14H20N2O2/c1-10(7-11-5-6-11)16-12-3-2-4-13(8-12)18-9-14(15)17/h2-4,8,10-11,16H,5-7,9H2,1H3,(H2,15,17). The molecule has 18 heavy (non-hydrogen) atoms. The molecule has 1 atom stereocenters. The van der Waals surface area contributed by atoms with Crippen molar-refractivity contribution in [3.05, 3.63) is 24.3 Å². The predicted molar refractivity (Wildman–Crippen MR) is 71.6 cm³/mol. The molecule has 1 saturated carbocycles. The Hall–Kier alpha value is -1.71. The summed E-state index contributed by atoms with van der Waals surface area (Å²) in [5.41, 5.74) is 6.06. The van der Waals surface area contributed by atoms with Gasteiger partial charge in [-0.05, 0) is 31.4 Å². The van der Waals surface area contributed by atoms with Crippen LogP contribution in [0.5, 0.6) is 5.75 Å². The van der Waals surface area contributed by atoms with Crippen LogP contribution in [0.25, 0.3) is 0 Å². The molecule has 1 aromatic rings. The minimum atomic E-state index is -0.463. The van der Waals surface area contributed by atoms with Crippen LogP contribution in [0.4, 0.5) is 5.69 Å². The van der Waals surface area contributed by atoms with Crippen molar-refractivity contribution in [3.8, 4) is 5.75 Å². The summed E-state index contributed by atoms with van der Waals surface area (Å²) in [5.74, 6) is 1.11. The van der Waals surface area contributed by atoms with Gasteiger partial charge in [0.25, 0.3) is 5.91 Å². The second kappa shape index (κ2) is 5.76. The minimum absolute atomic E-state index is 0.0823. The van der Waals surface area contributed by atoms with Crippen molar-refractivity contribution in [2.24, 2.45) is 11.7 Å². The Bertz CT molecular complexity index is 416. The van der Waals surface area contributed by atoms with E-state index in [4.69, 9.17) is 10.5 Å². The van der Waals surface area contributed by atoms with Crippen LogP contribution in [-0.2, 0) is 4.79 Å². The van der Waals surface area contributed by atoms with Gasteiger partial charge in [0.05, 0.1) is 0 Å². The fraction of sp³-hybridized carbons (Fsp3) is 0.500. The lowest BCUT2D eigenvalue weighted by atomic mass is 10.1. The molecule has 0 aromatic heterocycles. The lowest BCUT2D eigenvalue weighted by Crippen LogP contribution is -2.20. The number of amides is 1. The Morgan fingerprint density at radius 3 is 3.00 bits per heavy atom. The summed E-state index contributed by atoms with van der Waals surface area (Å²) in [5, 5.41) is 3.45. The van der Waals surface area contributed by atoms with Crippen molar-refractivity contribution < 1.29 is 9.53 Å². The first-order valence-corrected chi connectivity index (χ1v) is 6.41. The van der Waals surface area contributed by atoms with Gasteiger partial charge in [0.15, 0.2) is 6.61 Å². The smallest absolute Gasteiger partial charge is 0.255 e. The summed E-state index contributed by atoms with van der Waals surface area (Å²) in [7, 11) is 0. The molecule has 0 heterocycles. The molecule has 1 aliphatic rings. The van der Waals surface area contributed by atoms with E-state index in [1.807, 2.05) is 24.3 Å². The molecule has 1 aliphatic carbocycles. The summed E-state index contributed by atoms with van der Waals surface area (Å²) in [6.07, 6.45) is 3.95. The van der Waals surface area contributed by atoms with Crippen LogP contribution < -0.4 is 15.8 Å². The first kappa shape index (κ1) is 12.7. The molecule has 0 bridgehead atoms. The number of rotatable bonds is 7. The van der Waals surface area contributed by atoms with E-state index in [9.17, 15) is 4.79 Å². The van der Waals surface area contributed by atoms with Gasteiger partial charge in [0.1, 0.15) is 5.75 Å². The SMILES string of the molecule is CC(CC1CC1)Nc1cccc(OCC(N)=O)c1. The zero-order valence-corrected chi connectivity index (χ0v) is 10.7. The fourth-order valence-electron chi connectivity index (χ4n) is 2.03. The first-order chi connectivity index (χ1) is 8.63. The molecule has 1 unspecified atom stereocenters. The molecule has 1 amide bonds. The van der Waals surface area contributed by atoms with Gasteiger partial charge in [-0.15, -0.1) is 0 Å². The topological polar surface area (TPSA) is 64.3 Å². The van der Waals surface area contributed by atoms with Crippen molar-refractivity contribution in [1.82, 2.24) is 0 Å². The molecule has 4 heteroatoms. The molecule has 0 spiro atoms. The molecule has 2 rings (SSSR count). The number of nitrogens with two attached hydrogens (primary N) is 1. The molecule has 3 N–H and O–H groups in total. The second-order valence-corrected chi connectivity index (χ2v) is 5.01. The minimum Gasteiger partial charge on any atom is -0.484 e. The Morgan fingerprint density at radius 2 is 2.33 bits per heavy atom. The summed E-state index contributed by atoms with van der Waals surface area (Å²) in [4.78, 5) is 10.6. The van der Waals surface area contributed by atoms with E-state index < -0.39 is 5.91 Å². The van der Waals surface area contributed by atoms with Crippen molar-refractivity contribution in [1.29, 1.82) is 0 Å². The highest BCUT2D eigenvalue weighted by Gasteiger charge is 2.23. The lowest BCUT2D eigenvalue weighted by Gasteiger charge is -2.15. The molecular formula is C14H20N2O2. The van der Waals surface area contributed by atoms with Crippen molar-refractivity contribution in [3.63, 3.8) is 0 Å². The van der Waals surface area contributed by atoms with Crippen LogP contribution in [0.1, 0.15) is 26.2 Å². The van der Waals surface area contributed by atoms with E-state index in [1.165, 1.54) is 19.3 Å². The first-order valence-electron chi connectivity index (χ1n) is 6.41. The van der Waals surface area contributed by atoms with Crippen molar-refractivity contribution in [2.45, 2.75) is 32.2 Å². The third-order valence-corrected chi connectivity index (χ3v) is 3.01. The van der Waals surface area contributed by atoms with Crippen LogP contribution >= 0.6 is 0 Å². The number of hydrogen-bond donors (Lipinski definition) is 2. The maximum atomic E-state index is 10.6. The number of hydrogen-bond acceptors (Lipinski definition) is 3. The molecule has 4 nitrogen and oxygen atoms in total. The maximum absolute atomic E-state index is 10.6. The molecule has 0 aliphatic heterocycles. The number of nitrogens with one attached hydrogen (secondary N) is 1. The van der Waals surface area contributed by atoms with Gasteiger partial charge in [-0.2, -0.15) is 0 Å². The third kappa shape index (κ3) is 4.28. The zero-order chi connectivity index (χ0) is 13.0. The predicted octanol–water partition coefficient (Wildman–Crippen LogP) is 2.15. The molecule has 1 fully saturated rings. The zero-order valence-electron chi connectivity index (χ0n) is 10.7. The van der Waals surface area contributed by atoms with Crippen LogP contribution in [0, 0.1) is 5.92 Å². The van der Waals surface area contributed by atoms with E-state index in [0.717, 1.165) is 11.6 Å². The van der Waals surface area contributed by atoms with Gasteiger partial charge in [0, 0.05) is 17.8 Å². The summed E-state index contributed by atoms with van der Waals surface area (Å²) >= 11 is 0. The van der Waals surface area contributed by atoms with E-state index in [-0.39, 0.29) is 6.61 Å². The van der Waals surface area contributed by atoms with E-state index in [0.29, 0.717) is 11.8 Å². The Labute approximate surface area is 108 Å². The molecule has 0 saturated heterocycles. The molecule has 98 valence electrons. The average Bonchev–Trinajstić information content (AvgIpc) is 3.10. The van der Waals surface area contributed by atoms with Gasteiger partial charge in [-0.25, -0.2) is 0 Å². The van der Waals surface area contributed by atoms with Gasteiger partial charge in [-0.1, -0.05) is 18.9 Å². The lowest BCUT2D eigenvalue weighted by molar-refractivity contribution is -0.119. The Balaban J connectivity index is 1.87. The third-order valence-electron chi connectivity index (χ3n) is 3.01. The number of benzene rings is 1. The van der Waals surface area contributed by atoms with Crippen molar-refractivity contribution >= 4 is 11.6 Å². The van der Waals surface area contributed by atoms with Crippen molar-refractivity contribution in [2.75, 3.05) is 11.9 Å². The van der Waals surface area contributed by atoms with Gasteiger partial charge in [-0.3, -0.25) is 4.79 Å². The average molecular weight is 248 g/mol. The van der Waals surface area contributed by atoms with Crippen LogP contribution in [0.2, 0.25) is 0 Å². The largest absolute Gasteiger partial charge is 0.484 e. The van der Waals surface area contributed by atoms with Gasteiger partial charge in [0.2, 0.25) is 0 Å². The quantitative estimate of drug-likeness (QED) is 0.777. The number of ether oxygens (including phenoxy) is 1.